The molecule has 40 heavy (non-hydrogen) atoms. The average molecular weight is 582 g/mol. The minimum absolute atomic E-state index is 0.0559. The van der Waals surface area contributed by atoms with Crippen LogP contribution >= 0.6 is 23.4 Å². The van der Waals surface area contributed by atoms with E-state index < -0.39 is 18.1 Å². The third-order valence-corrected chi connectivity index (χ3v) is 8.40. The topological polar surface area (TPSA) is 90.9 Å². The molecule has 1 heterocycles. The standard InChI is InChI=1S/C31H36ClN3O4S/c1-35(31(37)38)29(28(22-9-4-2-5-10-22)23-11-6-3-7-12-23)30(36)34-18-8-13-25-19-33-20-26(39-25)21-40-27-16-14-24(32)15-17-27/h2-7,9-12,14-17,25-26,28-29,33H,8,13,18-21H2,1H3,(H,34,36)(H,37,38)/t25?,26-,29-/m0/s1. The van der Waals surface area contributed by atoms with Gasteiger partial charge in [-0.1, -0.05) is 72.3 Å². The van der Waals surface area contributed by atoms with Crippen LogP contribution in [0.5, 0.6) is 0 Å². The summed E-state index contributed by atoms with van der Waals surface area (Å²) < 4.78 is 6.30. The van der Waals surface area contributed by atoms with Gasteiger partial charge in [0.1, 0.15) is 6.04 Å². The minimum atomic E-state index is -1.15. The number of carbonyl (C=O) groups is 2. The van der Waals surface area contributed by atoms with E-state index in [9.17, 15) is 14.7 Å². The molecule has 3 N–H and O–H groups in total. The second-order valence-electron chi connectivity index (χ2n) is 9.87. The van der Waals surface area contributed by atoms with E-state index in [1.165, 1.54) is 7.05 Å². The third-order valence-electron chi connectivity index (χ3n) is 7.00. The van der Waals surface area contributed by atoms with Gasteiger partial charge >= 0.3 is 6.09 Å². The highest BCUT2D eigenvalue weighted by Gasteiger charge is 2.36. The van der Waals surface area contributed by atoms with Crippen LogP contribution in [0.3, 0.4) is 0 Å². The van der Waals surface area contributed by atoms with Crippen LogP contribution in [0.4, 0.5) is 4.79 Å². The van der Waals surface area contributed by atoms with Crippen LogP contribution in [0.15, 0.2) is 89.8 Å². The Balaban J connectivity index is 1.33. The molecule has 3 aromatic rings. The van der Waals surface area contributed by atoms with Crippen LogP contribution < -0.4 is 10.6 Å². The number of nitrogens with one attached hydrogen (secondary N) is 2. The summed E-state index contributed by atoms with van der Waals surface area (Å²) in [6.45, 7) is 2.01. The molecule has 0 bridgehead atoms. The van der Waals surface area contributed by atoms with Gasteiger partial charge in [0.25, 0.3) is 0 Å². The molecule has 3 aromatic carbocycles. The fourth-order valence-corrected chi connectivity index (χ4v) is 5.98. The fraction of sp³-hybridized carbons (Fsp3) is 0.355. The first kappa shape index (κ1) is 29.9. The Morgan fingerprint density at radius 2 is 1.60 bits per heavy atom. The van der Waals surface area contributed by atoms with Crippen molar-refractivity contribution in [1.29, 1.82) is 0 Å². The summed E-state index contributed by atoms with van der Waals surface area (Å²) in [6, 6.07) is 26.0. The molecule has 0 aromatic heterocycles. The van der Waals surface area contributed by atoms with Crippen LogP contribution in [0.1, 0.15) is 29.9 Å². The van der Waals surface area contributed by atoms with E-state index in [1.54, 1.807) is 11.8 Å². The number of hydrogen-bond acceptors (Lipinski definition) is 5. The molecule has 212 valence electrons. The molecular formula is C31H36ClN3O4S. The van der Waals surface area contributed by atoms with Crippen molar-refractivity contribution >= 4 is 35.4 Å². The van der Waals surface area contributed by atoms with Crippen molar-refractivity contribution in [3.63, 3.8) is 0 Å². The number of benzene rings is 3. The highest BCUT2D eigenvalue weighted by atomic mass is 35.5. The van der Waals surface area contributed by atoms with Gasteiger partial charge in [-0.25, -0.2) is 4.79 Å². The van der Waals surface area contributed by atoms with E-state index in [0.717, 1.165) is 57.6 Å². The van der Waals surface area contributed by atoms with Crippen molar-refractivity contribution in [3.05, 3.63) is 101 Å². The smallest absolute Gasteiger partial charge is 0.407 e. The molecule has 1 fully saturated rings. The lowest BCUT2D eigenvalue weighted by Crippen LogP contribution is -2.51. The Kier molecular flexibility index (Phi) is 11.3. The number of carboxylic acid groups (broad SMARTS) is 1. The molecule has 1 aliphatic rings. The Labute approximate surface area is 245 Å². The lowest BCUT2D eigenvalue weighted by molar-refractivity contribution is -0.126. The molecule has 9 heteroatoms. The second-order valence-corrected chi connectivity index (χ2v) is 11.4. The predicted octanol–water partition coefficient (Wildman–Crippen LogP) is 5.50. The lowest BCUT2D eigenvalue weighted by Gasteiger charge is -2.33. The Hall–Kier alpha value is -3.04. The maximum Gasteiger partial charge on any atom is 0.407 e. The first-order valence-electron chi connectivity index (χ1n) is 13.5. The number of nitrogens with zero attached hydrogens (tertiary/aromatic N) is 1. The zero-order valence-electron chi connectivity index (χ0n) is 22.5. The molecule has 3 atom stereocenters. The SMILES string of the molecule is CN(C(=O)O)[C@H](C(=O)NCCCC1CNC[C@@H](CSc2ccc(Cl)cc2)O1)C(c1ccccc1)c1ccccc1. The molecule has 0 radical (unpaired) electrons. The van der Waals surface area contributed by atoms with Crippen LogP contribution in [0.2, 0.25) is 5.02 Å². The number of likely N-dealkylation sites (N-methyl/N-ethyl adjacent to an activating group) is 1. The van der Waals surface area contributed by atoms with Crippen molar-refractivity contribution in [3.8, 4) is 0 Å². The first-order chi connectivity index (χ1) is 19.4. The van der Waals surface area contributed by atoms with Gasteiger partial charge in [-0.2, -0.15) is 0 Å². The summed E-state index contributed by atoms with van der Waals surface area (Å²) >= 11 is 7.72. The first-order valence-corrected chi connectivity index (χ1v) is 14.9. The zero-order valence-corrected chi connectivity index (χ0v) is 24.1. The minimum Gasteiger partial charge on any atom is -0.465 e. The Morgan fingerprint density at radius 1 is 1.00 bits per heavy atom. The molecule has 1 unspecified atom stereocenters. The van der Waals surface area contributed by atoms with E-state index in [1.807, 2.05) is 84.9 Å². The summed E-state index contributed by atoms with van der Waals surface area (Å²) in [5.74, 6) is 0.0710. The average Bonchev–Trinajstić information content (AvgIpc) is 2.98. The summed E-state index contributed by atoms with van der Waals surface area (Å²) in [5.41, 5.74) is 1.76. The van der Waals surface area contributed by atoms with E-state index in [0.29, 0.717) is 6.54 Å². The largest absolute Gasteiger partial charge is 0.465 e. The maximum atomic E-state index is 13.6. The van der Waals surface area contributed by atoms with Gasteiger partial charge in [0.05, 0.1) is 12.2 Å². The number of morpholine rings is 1. The molecule has 7 nitrogen and oxygen atoms in total. The van der Waals surface area contributed by atoms with E-state index in [4.69, 9.17) is 16.3 Å². The van der Waals surface area contributed by atoms with Crippen LogP contribution in [0, 0.1) is 0 Å². The number of carbonyl (C=O) groups excluding carboxylic acids is 1. The molecule has 0 aliphatic carbocycles. The zero-order chi connectivity index (χ0) is 28.3. The number of halogens is 1. The van der Waals surface area contributed by atoms with Crippen molar-refractivity contribution in [2.75, 3.05) is 32.4 Å². The Morgan fingerprint density at radius 3 is 2.20 bits per heavy atom. The quantitative estimate of drug-likeness (QED) is 0.193. The van der Waals surface area contributed by atoms with Crippen molar-refractivity contribution in [2.45, 2.75) is 41.9 Å². The molecule has 0 spiro atoms. The molecule has 4 rings (SSSR count). The molecule has 1 aliphatic heterocycles. The number of amides is 2. The van der Waals surface area contributed by atoms with Crippen molar-refractivity contribution in [2.24, 2.45) is 0 Å². The highest BCUT2D eigenvalue weighted by molar-refractivity contribution is 7.99. The summed E-state index contributed by atoms with van der Waals surface area (Å²) in [7, 11) is 1.45. The molecule has 1 saturated heterocycles. The van der Waals surface area contributed by atoms with Gasteiger partial charge in [-0.3, -0.25) is 9.69 Å². The highest BCUT2D eigenvalue weighted by Crippen LogP contribution is 2.31. The van der Waals surface area contributed by atoms with Crippen LogP contribution in [-0.4, -0.2) is 72.7 Å². The number of hydrogen-bond donors (Lipinski definition) is 3. The van der Waals surface area contributed by atoms with E-state index in [-0.39, 0.29) is 18.1 Å². The van der Waals surface area contributed by atoms with E-state index >= 15 is 0 Å². The lowest BCUT2D eigenvalue weighted by atomic mass is 9.84. The van der Waals surface area contributed by atoms with Crippen LogP contribution in [0.25, 0.3) is 0 Å². The predicted molar refractivity (Wildman–Crippen MR) is 160 cm³/mol. The second kappa shape index (κ2) is 15.1. The van der Waals surface area contributed by atoms with Crippen molar-refractivity contribution < 1.29 is 19.4 Å². The van der Waals surface area contributed by atoms with Gasteiger partial charge in [0.15, 0.2) is 0 Å². The van der Waals surface area contributed by atoms with Gasteiger partial charge in [0, 0.05) is 48.3 Å². The summed E-state index contributed by atoms with van der Waals surface area (Å²) in [6.07, 6.45) is 0.511. The number of rotatable bonds is 12. The van der Waals surface area contributed by atoms with Crippen LogP contribution in [-0.2, 0) is 9.53 Å². The molecular weight excluding hydrogens is 546 g/mol. The summed E-state index contributed by atoms with van der Waals surface area (Å²) in [4.78, 5) is 27.9. The van der Waals surface area contributed by atoms with Gasteiger partial charge in [-0.05, 0) is 48.2 Å². The third kappa shape index (κ3) is 8.48. The molecule has 0 saturated carbocycles. The maximum absolute atomic E-state index is 13.6. The fourth-order valence-electron chi connectivity index (χ4n) is 4.96. The summed E-state index contributed by atoms with van der Waals surface area (Å²) in [5, 5.41) is 17.0. The van der Waals surface area contributed by atoms with Gasteiger partial charge in [-0.15, -0.1) is 11.8 Å². The number of ether oxygens (including phenoxy) is 1. The Bertz CT molecular complexity index is 1180. The normalized spacial score (nSPS) is 17.8. The van der Waals surface area contributed by atoms with Gasteiger partial charge < -0.3 is 20.5 Å². The monoisotopic (exact) mass is 581 g/mol. The van der Waals surface area contributed by atoms with E-state index in [2.05, 4.69) is 10.6 Å². The van der Waals surface area contributed by atoms with Crippen molar-refractivity contribution in [1.82, 2.24) is 15.5 Å². The molecule has 2 amide bonds. The van der Waals surface area contributed by atoms with Gasteiger partial charge in [0.2, 0.25) is 5.91 Å². The number of thioether (sulfide) groups is 1.